The van der Waals surface area contributed by atoms with Gasteiger partial charge in [-0.25, -0.2) is 4.79 Å². The summed E-state index contributed by atoms with van der Waals surface area (Å²) in [4.78, 5) is 23.6. The molecule has 0 fully saturated rings. The fourth-order valence-electron chi connectivity index (χ4n) is 4.35. The number of hydrogen-bond donors (Lipinski definition) is 3. The van der Waals surface area contributed by atoms with Crippen molar-refractivity contribution >= 4 is 11.9 Å². The Hall–Kier alpha value is -3.48. The maximum absolute atomic E-state index is 12.3. The predicted octanol–water partition coefficient (Wildman–Crippen LogP) is 3.75. The number of alkyl carbamates (subject to hydrolysis) is 1. The molecular weight excluding hydrogens is 418 g/mol. The van der Waals surface area contributed by atoms with Gasteiger partial charge in [0, 0.05) is 18.9 Å². The Morgan fingerprint density at radius 2 is 1.58 bits per heavy atom. The number of carbonyl (C=O) groups is 2. The lowest BCUT2D eigenvalue weighted by Crippen LogP contribution is -2.36. The third-order valence-electron chi connectivity index (χ3n) is 5.91. The van der Waals surface area contributed by atoms with Crippen molar-refractivity contribution in [2.45, 2.75) is 31.5 Å². The fourth-order valence-corrected chi connectivity index (χ4v) is 4.35. The SMILES string of the molecule is CC(=O)Cc1cccc(C(O)C(O)CNC(=O)OCC2c3ccccc3-c3ccccc32)c1. The van der Waals surface area contributed by atoms with Gasteiger partial charge in [-0.1, -0.05) is 72.8 Å². The quantitative estimate of drug-likeness (QED) is 0.491. The van der Waals surface area contributed by atoms with Gasteiger partial charge in [0.25, 0.3) is 0 Å². The number of aliphatic hydroxyl groups excluding tert-OH is 2. The lowest BCUT2D eigenvalue weighted by molar-refractivity contribution is -0.116. The first-order valence-electron chi connectivity index (χ1n) is 11.0. The van der Waals surface area contributed by atoms with Crippen molar-refractivity contribution in [2.75, 3.05) is 13.2 Å². The first-order valence-corrected chi connectivity index (χ1v) is 11.0. The van der Waals surface area contributed by atoms with E-state index in [-0.39, 0.29) is 31.3 Å². The second-order valence-electron chi connectivity index (χ2n) is 8.34. The molecule has 0 heterocycles. The van der Waals surface area contributed by atoms with Gasteiger partial charge in [-0.15, -0.1) is 0 Å². The van der Waals surface area contributed by atoms with Crippen molar-refractivity contribution < 1.29 is 24.5 Å². The third kappa shape index (κ3) is 5.13. The number of rotatable bonds is 8. The molecule has 1 aliphatic rings. The van der Waals surface area contributed by atoms with E-state index in [1.807, 2.05) is 36.4 Å². The van der Waals surface area contributed by atoms with Gasteiger partial charge in [0.2, 0.25) is 0 Å². The lowest BCUT2D eigenvalue weighted by atomic mass is 9.98. The van der Waals surface area contributed by atoms with E-state index >= 15 is 0 Å². The zero-order valence-corrected chi connectivity index (χ0v) is 18.4. The Morgan fingerprint density at radius 3 is 2.21 bits per heavy atom. The standard InChI is InChI=1S/C27H27NO5/c1-17(29)13-18-7-6-8-19(14-18)26(31)25(30)15-28-27(32)33-16-24-22-11-4-2-9-20(22)21-10-3-5-12-23(21)24/h2-12,14,24-26,30-31H,13,15-16H2,1H3,(H,28,32). The highest BCUT2D eigenvalue weighted by molar-refractivity contribution is 5.79. The van der Waals surface area contributed by atoms with E-state index < -0.39 is 18.3 Å². The van der Waals surface area contributed by atoms with Crippen molar-refractivity contribution in [3.8, 4) is 11.1 Å². The van der Waals surface area contributed by atoms with Crippen LogP contribution in [-0.2, 0) is 16.0 Å². The van der Waals surface area contributed by atoms with Crippen LogP contribution in [0, 0.1) is 0 Å². The average molecular weight is 446 g/mol. The van der Waals surface area contributed by atoms with Crippen molar-refractivity contribution in [3.05, 3.63) is 95.1 Å². The van der Waals surface area contributed by atoms with Gasteiger partial charge in [-0.05, 0) is 40.3 Å². The molecule has 0 saturated carbocycles. The van der Waals surface area contributed by atoms with E-state index in [0.29, 0.717) is 5.56 Å². The first-order chi connectivity index (χ1) is 15.9. The highest BCUT2D eigenvalue weighted by atomic mass is 16.5. The summed E-state index contributed by atoms with van der Waals surface area (Å²) in [6, 6.07) is 23.0. The monoisotopic (exact) mass is 445 g/mol. The highest BCUT2D eigenvalue weighted by Crippen LogP contribution is 2.44. The number of ether oxygens (including phenoxy) is 1. The molecule has 2 unspecified atom stereocenters. The summed E-state index contributed by atoms with van der Waals surface area (Å²) in [5.74, 6) is -0.0400. The molecule has 0 aliphatic heterocycles. The van der Waals surface area contributed by atoms with E-state index in [2.05, 4.69) is 17.4 Å². The van der Waals surface area contributed by atoms with Crippen LogP contribution in [0.25, 0.3) is 11.1 Å². The molecule has 0 bridgehead atoms. The maximum atomic E-state index is 12.3. The second kappa shape index (κ2) is 9.98. The van der Waals surface area contributed by atoms with Crippen LogP contribution in [-0.4, -0.2) is 41.3 Å². The molecule has 3 aromatic carbocycles. The number of fused-ring (bicyclic) bond motifs is 3. The maximum Gasteiger partial charge on any atom is 0.407 e. The van der Waals surface area contributed by atoms with E-state index in [9.17, 15) is 19.8 Å². The summed E-state index contributed by atoms with van der Waals surface area (Å²) < 4.78 is 5.46. The number of ketones is 1. The molecule has 33 heavy (non-hydrogen) atoms. The molecule has 1 amide bonds. The number of benzene rings is 3. The normalized spacial score (nSPS) is 14.2. The summed E-state index contributed by atoms with van der Waals surface area (Å²) in [6.45, 7) is 1.50. The number of amides is 1. The minimum Gasteiger partial charge on any atom is -0.449 e. The van der Waals surface area contributed by atoms with Gasteiger partial charge in [-0.2, -0.15) is 0 Å². The molecule has 3 aromatic rings. The molecule has 170 valence electrons. The largest absolute Gasteiger partial charge is 0.449 e. The minimum absolute atomic E-state index is 0.0131. The molecule has 3 N–H and O–H groups in total. The molecule has 6 heteroatoms. The number of carbonyl (C=O) groups excluding carboxylic acids is 2. The van der Waals surface area contributed by atoms with Gasteiger partial charge in [0.05, 0.1) is 0 Å². The summed E-state index contributed by atoms with van der Waals surface area (Å²) >= 11 is 0. The zero-order valence-electron chi connectivity index (χ0n) is 18.4. The van der Waals surface area contributed by atoms with Crippen molar-refractivity contribution in [1.29, 1.82) is 0 Å². The number of hydrogen-bond acceptors (Lipinski definition) is 5. The van der Waals surface area contributed by atoms with E-state index in [4.69, 9.17) is 4.74 Å². The van der Waals surface area contributed by atoms with Gasteiger partial charge in [-0.3, -0.25) is 4.79 Å². The second-order valence-corrected chi connectivity index (χ2v) is 8.34. The highest BCUT2D eigenvalue weighted by Gasteiger charge is 2.29. The molecular formula is C27H27NO5. The number of nitrogens with one attached hydrogen (secondary N) is 1. The van der Waals surface area contributed by atoms with E-state index in [1.54, 1.807) is 24.3 Å². The summed E-state index contributed by atoms with van der Waals surface area (Å²) in [5.41, 5.74) is 5.77. The van der Waals surface area contributed by atoms with E-state index in [1.165, 1.54) is 6.92 Å². The van der Waals surface area contributed by atoms with Gasteiger partial charge in [0.1, 0.15) is 24.6 Å². The summed E-state index contributed by atoms with van der Waals surface area (Å²) in [7, 11) is 0. The molecule has 2 atom stereocenters. The zero-order chi connectivity index (χ0) is 23.4. The topological polar surface area (TPSA) is 95.9 Å². The molecule has 0 radical (unpaired) electrons. The van der Waals surface area contributed by atoms with Crippen LogP contribution in [0.3, 0.4) is 0 Å². The molecule has 1 aliphatic carbocycles. The molecule has 6 nitrogen and oxygen atoms in total. The third-order valence-corrected chi connectivity index (χ3v) is 5.91. The van der Waals surface area contributed by atoms with Gasteiger partial charge < -0.3 is 20.3 Å². The van der Waals surface area contributed by atoms with Gasteiger partial charge in [0.15, 0.2) is 0 Å². The van der Waals surface area contributed by atoms with Crippen LogP contribution in [0.2, 0.25) is 0 Å². The summed E-state index contributed by atoms with van der Waals surface area (Å²) in [6.07, 6.45) is -2.83. The van der Waals surface area contributed by atoms with Crippen LogP contribution in [0.5, 0.6) is 0 Å². The average Bonchev–Trinajstić information content (AvgIpc) is 3.14. The Morgan fingerprint density at radius 1 is 0.939 bits per heavy atom. The van der Waals surface area contributed by atoms with Crippen LogP contribution < -0.4 is 5.32 Å². The van der Waals surface area contributed by atoms with Crippen LogP contribution in [0.4, 0.5) is 4.79 Å². The minimum atomic E-state index is -1.22. The lowest BCUT2D eigenvalue weighted by Gasteiger charge is -2.20. The Bertz CT molecular complexity index is 1110. The van der Waals surface area contributed by atoms with Crippen LogP contribution in [0.1, 0.15) is 41.2 Å². The van der Waals surface area contributed by atoms with Crippen molar-refractivity contribution in [1.82, 2.24) is 5.32 Å². The van der Waals surface area contributed by atoms with Crippen LogP contribution in [0.15, 0.2) is 72.8 Å². The Balaban J connectivity index is 1.32. The molecule has 4 rings (SSSR count). The number of Topliss-reactive ketones (excluding diaryl/α,β-unsaturated/α-hetero) is 1. The number of aliphatic hydroxyl groups is 2. The van der Waals surface area contributed by atoms with Crippen molar-refractivity contribution in [2.24, 2.45) is 0 Å². The molecule has 0 saturated heterocycles. The smallest absolute Gasteiger partial charge is 0.407 e. The van der Waals surface area contributed by atoms with Crippen molar-refractivity contribution in [3.63, 3.8) is 0 Å². The first kappa shape index (κ1) is 22.7. The van der Waals surface area contributed by atoms with E-state index in [0.717, 1.165) is 27.8 Å². The summed E-state index contributed by atoms with van der Waals surface area (Å²) in [5, 5.41) is 23.3. The van der Waals surface area contributed by atoms with Crippen LogP contribution >= 0.6 is 0 Å². The Labute approximate surface area is 192 Å². The molecule has 0 aromatic heterocycles. The Kier molecular flexibility index (Phi) is 6.87. The predicted molar refractivity (Wildman–Crippen MR) is 125 cm³/mol. The fraction of sp³-hybridized carbons (Fsp3) is 0.259. The van der Waals surface area contributed by atoms with Gasteiger partial charge >= 0.3 is 6.09 Å². The molecule has 0 spiro atoms.